The minimum atomic E-state index is -2.32. The molecular formula is C7H14O7. The number of aliphatic hydroxyl groups excluding tert-OH is 4. The van der Waals surface area contributed by atoms with Gasteiger partial charge in [0, 0.05) is 7.11 Å². The lowest BCUT2D eigenvalue weighted by molar-refractivity contribution is -0.393. The van der Waals surface area contributed by atoms with Crippen molar-refractivity contribution in [3.8, 4) is 0 Å². The fourth-order valence-electron chi connectivity index (χ4n) is 1.27. The molecule has 14 heavy (non-hydrogen) atoms. The van der Waals surface area contributed by atoms with Crippen LogP contribution < -0.4 is 0 Å². The third-order valence-electron chi connectivity index (χ3n) is 2.19. The second-order valence-corrected chi connectivity index (χ2v) is 3.15. The second-order valence-electron chi connectivity index (χ2n) is 3.15. The highest BCUT2D eigenvalue weighted by atomic mass is 16.8. The highest BCUT2D eigenvalue weighted by molar-refractivity contribution is 4.93. The molecule has 0 bridgehead atoms. The molecule has 0 aliphatic carbocycles. The van der Waals surface area contributed by atoms with E-state index >= 15 is 0 Å². The maximum atomic E-state index is 9.46. The molecule has 0 radical (unpaired) electrons. The van der Waals surface area contributed by atoms with Crippen LogP contribution in [0.4, 0.5) is 0 Å². The molecule has 2 unspecified atom stereocenters. The Bertz CT molecular complexity index is 196. The molecule has 5 atom stereocenters. The van der Waals surface area contributed by atoms with Gasteiger partial charge in [0.1, 0.15) is 18.3 Å². The first-order valence-corrected chi connectivity index (χ1v) is 4.04. The van der Waals surface area contributed by atoms with Crippen LogP contribution in [0.2, 0.25) is 0 Å². The van der Waals surface area contributed by atoms with Gasteiger partial charge in [0.05, 0.1) is 6.61 Å². The molecule has 7 heteroatoms. The van der Waals surface area contributed by atoms with Crippen molar-refractivity contribution in [3.05, 3.63) is 0 Å². The van der Waals surface area contributed by atoms with Gasteiger partial charge in [-0.25, -0.2) is 0 Å². The molecule has 0 amide bonds. The van der Waals surface area contributed by atoms with Gasteiger partial charge >= 0.3 is 0 Å². The van der Waals surface area contributed by atoms with Crippen LogP contribution in [-0.4, -0.2) is 69.6 Å². The van der Waals surface area contributed by atoms with Gasteiger partial charge in [-0.15, -0.1) is 0 Å². The topological polar surface area (TPSA) is 120 Å². The van der Waals surface area contributed by atoms with Gasteiger partial charge in [0.25, 0.3) is 0 Å². The summed E-state index contributed by atoms with van der Waals surface area (Å²) in [5, 5.41) is 46.1. The molecule has 0 aromatic carbocycles. The van der Waals surface area contributed by atoms with Crippen molar-refractivity contribution in [3.63, 3.8) is 0 Å². The zero-order valence-electron chi connectivity index (χ0n) is 7.57. The van der Waals surface area contributed by atoms with Crippen molar-refractivity contribution >= 4 is 0 Å². The standard InChI is InChI=1S/C7H14O7/c1-13-6-4(10)3(9)5(11)7(12,2-8)14-6/h3-6,8-12H,2H2,1H3/t3-,4-,5+,6?,7?/m1/s1. The fraction of sp³-hybridized carbons (Fsp3) is 1.00. The summed E-state index contributed by atoms with van der Waals surface area (Å²) in [5.74, 6) is -2.32. The van der Waals surface area contributed by atoms with Gasteiger partial charge < -0.3 is 35.0 Å². The minimum Gasteiger partial charge on any atom is -0.391 e. The summed E-state index contributed by atoms with van der Waals surface area (Å²) in [5.41, 5.74) is 0. The zero-order chi connectivity index (χ0) is 10.9. The summed E-state index contributed by atoms with van der Waals surface area (Å²) in [6.45, 7) is -0.919. The number of methoxy groups -OCH3 is 1. The average Bonchev–Trinajstić information content (AvgIpc) is 2.20. The summed E-state index contributed by atoms with van der Waals surface area (Å²) in [6.07, 6.45) is -6.23. The molecule has 0 spiro atoms. The molecule has 7 nitrogen and oxygen atoms in total. The minimum absolute atomic E-state index is 0.919. The number of hydrogen-bond acceptors (Lipinski definition) is 7. The maximum Gasteiger partial charge on any atom is 0.221 e. The summed E-state index contributed by atoms with van der Waals surface area (Å²) in [4.78, 5) is 0. The highest BCUT2D eigenvalue weighted by Crippen LogP contribution is 2.27. The van der Waals surface area contributed by atoms with E-state index in [0.717, 1.165) is 0 Å². The molecule has 1 aliphatic heterocycles. The Morgan fingerprint density at radius 3 is 2.29 bits per heavy atom. The van der Waals surface area contributed by atoms with E-state index < -0.39 is 37.0 Å². The summed E-state index contributed by atoms with van der Waals surface area (Å²) < 4.78 is 9.30. The molecule has 1 aliphatic rings. The Morgan fingerprint density at radius 2 is 1.86 bits per heavy atom. The summed E-state index contributed by atoms with van der Waals surface area (Å²) in [6, 6.07) is 0. The van der Waals surface area contributed by atoms with Gasteiger partial charge in [-0.3, -0.25) is 0 Å². The third-order valence-corrected chi connectivity index (χ3v) is 2.19. The maximum absolute atomic E-state index is 9.46. The van der Waals surface area contributed by atoms with Crippen LogP contribution in [0.3, 0.4) is 0 Å². The van der Waals surface area contributed by atoms with Crippen LogP contribution >= 0.6 is 0 Å². The lowest BCUT2D eigenvalue weighted by Gasteiger charge is -2.44. The second kappa shape index (κ2) is 4.07. The van der Waals surface area contributed by atoms with Gasteiger partial charge in [-0.05, 0) is 0 Å². The van der Waals surface area contributed by atoms with Gasteiger partial charge in [0.2, 0.25) is 5.79 Å². The average molecular weight is 210 g/mol. The molecule has 0 aromatic rings. The Labute approximate surface area is 80.1 Å². The lowest BCUT2D eigenvalue weighted by atomic mass is 9.96. The molecule has 0 saturated carbocycles. The van der Waals surface area contributed by atoms with Crippen molar-refractivity contribution in [2.75, 3.05) is 13.7 Å². The monoisotopic (exact) mass is 210 g/mol. The smallest absolute Gasteiger partial charge is 0.221 e. The van der Waals surface area contributed by atoms with Crippen LogP contribution in [0.25, 0.3) is 0 Å². The molecule has 1 rings (SSSR count). The van der Waals surface area contributed by atoms with Crippen molar-refractivity contribution < 1.29 is 35.0 Å². The predicted octanol–water partition coefficient (Wildman–Crippen LogP) is -3.25. The predicted molar refractivity (Wildman–Crippen MR) is 41.9 cm³/mol. The Balaban J connectivity index is 2.84. The van der Waals surface area contributed by atoms with Crippen LogP contribution in [0.1, 0.15) is 0 Å². The van der Waals surface area contributed by atoms with E-state index in [1.807, 2.05) is 0 Å². The molecular weight excluding hydrogens is 196 g/mol. The molecule has 84 valence electrons. The number of rotatable bonds is 2. The van der Waals surface area contributed by atoms with Crippen LogP contribution in [-0.2, 0) is 9.47 Å². The van der Waals surface area contributed by atoms with Gasteiger partial charge in [-0.1, -0.05) is 0 Å². The highest BCUT2D eigenvalue weighted by Gasteiger charge is 2.52. The number of ether oxygens (including phenoxy) is 2. The largest absolute Gasteiger partial charge is 0.391 e. The number of aliphatic hydroxyl groups is 5. The Morgan fingerprint density at radius 1 is 1.29 bits per heavy atom. The first-order valence-electron chi connectivity index (χ1n) is 4.04. The quantitative estimate of drug-likeness (QED) is 0.325. The van der Waals surface area contributed by atoms with E-state index in [0.29, 0.717) is 0 Å². The Kier molecular flexibility index (Phi) is 3.43. The molecule has 1 saturated heterocycles. The number of hydrogen-bond donors (Lipinski definition) is 5. The van der Waals surface area contributed by atoms with Crippen LogP contribution in [0.15, 0.2) is 0 Å². The molecule has 0 aromatic heterocycles. The van der Waals surface area contributed by atoms with Crippen LogP contribution in [0, 0.1) is 0 Å². The molecule has 1 heterocycles. The lowest BCUT2D eigenvalue weighted by Crippen LogP contribution is -2.66. The normalized spacial score (nSPS) is 49.3. The van der Waals surface area contributed by atoms with E-state index in [1.54, 1.807) is 0 Å². The van der Waals surface area contributed by atoms with Gasteiger partial charge in [-0.2, -0.15) is 0 Å². The third kappa shape index (κ3) is 1.75. The van der Waals surface area contributed by atoms with E-state index in [9.17, 15) is 20.4 Å². The van der Waals surface area contributed by atoms with Crippen molar-refractivity contribution in [2.24, 2.45) is 0 Å². The molecule has 5 N–H and O–H groups in total. The van der Waals surface area contributed by atoms with Crippen molar-refractivity contribution in [2.45, 2.75) is 30.4 Å². The van der Waals surface area contributed by atoms with E-state index in [-0.39, 0.29) is 0 Å². The van der Waals surface area contributed by atoms with E-state index in [4.69, 9.17) is 9.84 Å². The van der Waals surface area contributed by atoms with Crippen molar-refractivity contribution in [1.82, 2.24) is 0 Å². The van der Waals surface area contributed by atoms with E-state index in [1.165, 1.54) is 7.11 Å². The summed E-state index contributed by atoms with van der Waals surface area (Å²) >= 11 is 0. The van der Waals surface area contributed by atoms with Crippen LogP contribution in [0.5, 0.6) is 0 Å². The fourth-order valence-corrected chi connectivity index (χ4v) is 1.27. The Hall–Kier alpha value is -0.280. The first-order chi connectivity index (χ1) is 6.46. The van der Waals surface area contributed by atoms with Crippen molar-refractivity contribution in [1.29, 1.82) is 0 Å². The SMILES string of the molecule is COC1OC(O)(CO)[C@@H](O)[C@H](O)[C@H]1O. The molecule has 1 fully saturated rings. The zero-order valence-corrected chi connectivity index (χ0v) is 7.57. The van der Waals surface area contributed by atoms with Gasteiger partial charge in [0.15, 0.2) is 6.29 Å². The summed E-state index contributed by atoms with van der Waals surface area (Å²) in [7, 11) is 1.19. The first kappa shape index (κ1) is 11.8. The van der Waals surface area contributed by atoms with E-state index in [2.05, 4.69) is 4.74 Å².